The number of hydrogen-bond acceptors (Lipinski definition) is 5. The lowest BCUT2D eigenvalue weighted by molar-refractivity contribution is 0.124. The second-order valence-electron chi connectivity index (χ2n) is 5.15. The standard InChI is InChI=1S/C11H17N3O3S/c15-8-3-4-11-12-10(13-14(11)7-8)6-9-2-1-5-18(9,16)17/h8-9,15H,1-7H2. The van der Waals surface area contributed by atoms with Gasteiger partial charge in [-0.1, -0.05) is 0 Å². The Bertz CT molecular complexity index is 552. The highest BCUT2D eigenvalue weighted by Gasteiger charge is 2.32. The molecule has 1 saturated heterocycles. The van der Waals surface area contributed by atoms with Crippen molar-refractivity contribution in [2.45, 2.75) is 50.0 Å². The predicted octanol–water partition coefficient (Wildman–Crippen LogP) is -0.295. The van der Waals surface area contributed by atoms with Crippen LogP contribution in [-0.2, 0) is 29.2 Å². The smallest absolute Gasteiger partial charge is 0.153 e. The average Bonchev–Trinajstić information content (AvgIpc) is 2.82. The van der Waals surface area contributed by atoms with Gasteiger partial charge >= 0.3 is 0 Å². The van der Waals surface area contributed by atoms with Gasteiger partial charge in [0.15, 0.2) is 15.7 Å². The molecule has 6 nitrogen and oxygen atoms in total. The van der Waals surface area contributed by atoms with Gasteiger partial charge in [-0.05, 0) is 19.3 Å². The predicted molar refractivity (Wildman–Crippen MR) is 64.9 cm³/mol. The first-order chi connectivity index (χ1) is 8.54. The first kappa shape index (κ1) is 12.1. The number of aryl methyl sites for hydroxylation is 1. The van der Waals surface area contributed by atoms with Crippen molar-refractivity contribution >= 4 is 9.84 Å². The van der Waals surface area contributed by atoms with Crippen LogP contribution in [-0.4, -0.2) is 45.4 Å². The SMILES string of the molecule is O=S1(=O)CCCC1Cc1nc2n(n1)CC(O)CC2. The molecule has 0 amide bonds. The van der Waals surface area contributed by atoms with Gasteiger partial charge in [-0.15, -0.1) is 0 Å². The molecule has 2 aliphatic heterocycles. The van der Waals surface area contributed by atoms with Crippen molar-refractivity contribution in [1.29, 1.82) is 0 Å². The molecule has 3 heterocycles. The molecule has 2 aliphatic rings. The molecule has 0 radical (unpaired) electrons. The number of fused-ring (bicyclic) bond motifs is 1. The molecule has 100 valence electrons. The van der Waals surface area contributed by atoms with Gasteiger partial charge in [-0.25, -0.2) is 18.1 Å². The van der Waals surface area contributed by atoms with Crippen molar-refractivity contribution in [3.8, 4) is 0 Å². The zero-order valence-corrected chi connectivity index (χ0v) is 10.9. The van der Waals surface area contributed by atoms with Crippen molar-refractivity contribution in [2.24, 2.45) is 0 Å². The third-order valence-electron chi connectivity index (χ3n) is 3.75. The van der Waals surface area contributed by atoms with Crippen LogP contribution in [0.1, 0.15) is 30.9 Å². The summed E-state index contributed by atoms with van der Waals surface area (Å²) in [5.41, 5.74) is 0. The van der Waals surface area contributed by atoms with Gasteiger partial charge < -0.3 is 5.11 Å². The van der Waals surface area contributed by atoms with E-state index in [0.717, 1.165) is 18.7 Å². The van der Waals surface area contributed by atoms with Crippen molar-refractivity contribution < 1.29 is 13.5 Å². The Labute approximate surface area is 106 Å². The molecule has 0 aliphatic carbocycles. The first-order valence-electron chi connectivity index (χ1n) is 6.37. The van der Waals surface area contributed by atoms with Crippen LogP contribution in [0.3, 0.4) is 0 Å². The van der Waals surface area contributed by atoms with Gasteiger partial charge in [-0.2, -0.15) is 5.10 Å². The summed E-state index contributed by atoms with van der Waals surface area (Å²) in [4.78, 5) is 4.39. The zero-order valence-electron chi connectivity index (χ0n) is 10.1. The lowest BCUT2D eigenvalue weighted by Crippen LogP contribution is -2.25. The maximum atomic E-state index is 11.8. The molecule has 0 spiro atoms. The fraction of sp³-hybridized carbons (Fsp3) is 0.818. The monoisotopic (exact) mass is 271 g/mol. The molecule has 7 heteroatoms. The molecule has 1 aromatic heterocycles. The Hall–Kier alpha value is -0.950. The molecule has 1 aromatic rings. The molecule has 1 N–H and O–H groups in total. The van der Waals surface area contributed by atoms with E-state index in [2.05, 4.69) is 10.1 Å². The maximum Gasteiger partial charge on any atom is 0.153 e. The van der Waals surface area contributed by atoms with E-state index in [1.807, 2.05) is 0 Å². The van der Waals surface area contributed by atoms with Crippen LogP contribution in [0.4, 0.5) is 0 Å². The van der Waals surface area contributed by atoms with Gasteiger partial charge in [0, 0.05) is 12.8 Å². The molecule has 3 rings (SSSR count). The largest absolute Gasteiger partial charge is 0.391 e. The van der Waals surface area contributed by atoms with E-state index in [1.165, 1.54) is 0 Å². The summed E-state index contributed by atoms with van der Waals surface area (Å²) in [6.07, 6.45) is 2.94. The number of rotatable bonds is 2. The van der Waals surface area contributed by atoms with Crippen LogP contribution in [0, 0.1) is 0 Å². The van der Waals surface area contributed by atoms with Crippen molar-refractivity contribution in [3.63, 3.8) is 0 Å². The van der Waals surface area contributed by atoms with Crippen LogP contribution < -0.4 is 0 Å². The fourth-order valence-corrected chi connectivity index (χ4v) is 4.55. The molecule has 0 aromatic carbocycles. The minimum atomic E-state index is -2.94. The molecule has 18 heavy (non-hydrogen) atoms. The lowest BCUT2D eigenvalue weighted by atomic mass is 10.1. The van der Waals surface area contributed by atoms with Crippen molar-refractivity contribution in [2.75, 3.05) is 5.75 Å². The Balaban J connectivity index is 1.78. The summed E-state index contributed by atoms with van der Waals surface area (Å²) >= 11 is 0. The third kappa shape index (κ3) is 2.16. The molecule has 2 atom stereocenters. The van der Waals surface area contributed by atoms with Gasteiger partial charge in [0.05, 0.1) is 23.7 Å². The third-order valence-corrected chi connectivity index (χ3v) is 6.03. The number of aliphatic hydroxyl groups is 1. The first-order valence-corrected chi connectivity index (χ1v) is 8.08. The number of hydrogen-bond donors (Lipinski definition) is 1. The second-order valence-corrected chi connectivity index (χ2v) is 7.55. The van der Waals surface area contributed by atoms with Crippen molar-refractivity contribution in [3.05, 3.63) is 11.6 Å². The van der Waals surface area contributed by atoms with Crippen molar-refractivity contribution in [1.82, 2.24) is 14.8 Å². The van der Waals surface area contributed by atoms with E-state index < -0.39 is 9.84 Å². The minimum Gasteiger partial charge on any atom is -0.391 e. The van der Waals surface area contributed by atoms with E-state index in [4.69, 9.17) is 0 Å². The topological polar surface area (TPSA) is 85.1 Å². The highest BCUT2D eigenvalue weighted by molar-refractivity contribution is 7.92. The fourth-order valence-electron chi connectivity index (χ4n) is 2.72. The number of nitrogens with zero attached hydrogens (tertiary/aromatic N) is 3. The van der Waals surface area contributed by atoms with Crippen LogP contribution in [0.15, 0.2) is 0 Å². The zero-order chi connectivity index (χ0) is 12.8. The van der Waals surface area contributed by atoms with Gasteiger partial charge in [0.25, 0.3) is 0 Å². The highest BCUT2D eigenvalue weighted by Crippen LogP contribution is 2.23. The summed E-state index contributed by atoms with van der Waals surface area (Å²) in [5, 5.41) is 13.5. The van der Waals surface area contributed by atoms with Gasteiger partial charge in [0.2, 0.25) is 0 Å². The summed E-state index contributed by atoms with van der Waals surface area (Å²) in [5.74, 6) is 1.77. The average molecular weight is 271 g/mol. The Morgan fingerprint density at radius 2 is 2.22 bits per heavy atom. The van der Waals surface area contributed by atoms with Gasteiger partial charge in [0.1, 0.15) is 5.82 Å². The molecular weight excluding hydrogens is 254 g/mol. The highest BCUT2D eigenvalue weighted by atomic mass is 32.2. The molecular formula is C11H17N3O3S. The number of aliphatic hydroxyl groups excluding tert-OH is 1. The molecule has 2 unspecified atom stereocenters. The molecule has 1 fully saturated rings. The summed E-state index contributed by atoms with van der Waals surface area (Å²) in [7, 11) is -2.94. The number of sulfone groups is 1. The van der Waals surface area contributed by atoms with E-state index in [9.17, 15) is 13.5 Å². The lowest BCUT2D eigenvalue weighted by Gasteiger charge is -2.16. The normalized spacial score (nSPS) is 30.3. The van der Waals surface area contributed by atoms with E-state index >= 15 is 0 Å². The minimum absolute atomic E-state index is 0.296. The molecule has 0 bridgehead atoms. The number of aromatic nitrogens is 3. The van der Waals surface area contributed by atoms with E-state index in [-0.39, 0.29) is 11.4 Å². The summed E-state index contributed by atoms with van der Waals surface area (Å²) < 4.78 is 25.2. The van der Waals surface area contributed by atoms with E-state index in [1.54, 1.807) is 4.68 Å². The molecule has 0 saturated carbocycles. The quantitative estimate of drug-likeness (QED) is 0.798. The van der Waals surface area contributed by atoms with Crippen LogP contribution in [0.2, 0.25) is 0 Å². The Morgan fingerprint density at radius 3 is 2.94 bits per heavy atom. The van der Waals surface area contributed by atoms with E-state index in [0.29, 0.717) is 37.4 Å². The Kier molecular flexibility index (Phi) is 2.90. The van der Waals surface area contributed by atoms with Gasteiger partial charge in [-0.3, -0.25) is 0 Å². The maximum absolute atomic E-state index is 11.8. The summed E-state index contributed by atoms with van der Waals surface area (Å²) in [6.45, 7) is 0.472. The summed E-state index contributed by atoms with van der Waals surface area (Å²) in [6, 6.07) is 0. The van der Waals surface area contributed by atoms with Crippen LogP contribution in [0.25, 0.3) is 0 Å². The Morgan fingerprint density at radius 1 is 1.39 bits per heavy atom. The van der Waals surface area contributed by atoms with Crippen LogP contribution >= 0.6 is 0 Å². The second kappa shape index (κ2) is 4.31. The van der Waals surface area contributed by atoms with Crippen LogP contribution in [0.5, 0.6) is 0 Å².